The van der Waals surface area contributed by atoms with Gasteiger partial charge in [0.05, 0.1) is 10.7 Å². The molecular formula is C18H19Cl2N3OS. The molecule has 4 nitrogen and oxygen atoms in total. The molecule has 1 aliphatic rings. The number of halogens is 2. The molecule has 7 heteroatoms. The van der Waals surface area contributed by atoms with Crippen LogP contribution in [0.2, 0.25) is 10.0 Å². The summed E-state index contributed by atoms with van der Waals surface area (Å²) < 4.78 is 0. The van der Waals surface area contributed by atoms with E-state index >= 15 is 0 Å². The second-order valence-electron chi connectivity index (χ2n) is 5.96. The molecule has 2 aromatic rings. The monoisotopic (exact) mass is 395 g/mol. The summed E-state index contributed by atoms with van der Waals surface area (Å²) in [5.74, 6) is 0.000181. The third-order valence-electron chi connectivity index (χ3n) is 4.10. The number of hydrogen-bond acceptors (Lipinski definition) is 4. The molecule has 0 unspecified atom stereocenters. The van der Waals surface area contributed by atoms with E-state index in [2.05, 4.69) is 15.3 Å². The SMILES string of the molecule is Cc1nc(CN2CCN(C(=O)/C=C/c3cc(Cl)ccc3Cl)CC2)cs1. The Morgan fingerprint density at radius 2 is 2.04 bits per heavy atom. The topological polar surface area (TPSA) is 36.4 Å². The number of benzene rings is 1. The van der Waals surface area contributed by atoms with E-state index in [1.54, 1.807) is 41.7 Å². The van der Waals surface area contributed by atoms with E-state index in [4.69, 9.17) is 23.2 Å². The Balaban J connectivity index is 1.52. The Labute approximate surface area is 161 Å². The molecule has 0 N–H and O–H groups in total. The molecule has 1 saturated heterocycles. The lowest BCUT2D eigenvalue weighted by molar-refractivity contribution is -0.127. The first kappa shape index (κ1) is 18.4. The standard InChI is InChI=1S/C18H19Cl2N3OS/c1-13-21-16(12-25-13)11-22-6-8-23(9-7-22)18(24)5-2-14-10-15(19)3-4-17(14)20/h2-5,10,12H,6-9,11H2,1H3/b5-2+. The van der Waals surface area contributed by atoms with Crippen LogP contribution in [0.25, 0.3) is 6.08 Å². The van der Waals surface area contributed by atoms with E-state index in [9.17, 15) is 4.79 Å². The van der Waals surface area contributed by atoms with E-state index in [0.29, 0.717) is 10.0 Å². The molecule has 132 valence electrons. The second kappa shape index (κ2) is 8.32. The van der Waals surface area contributed by atoms with E-state index in [-0.39, 0.29) is 5.91 Å². The van der Waals surface area contributed by atoms with Crippen molar-refractivity contribution in [2.75, 3.05) is 26.2 Å². The first-order valence-electron chi connectivity index (χ1n) is 8.06. The van der Waals surface area contributed by atoms with Crippen molar-refractivity contribution in [3.05, 3.63) is 56.0 Å². The van der Waals surface area contributed by atoms with Crippen LogP contribution in [0.15, 0.2) is 29.7 Å². The van der Waals surface area contributed by atoms with Crippen LogP contribution in [-0.4, -0.2) is 46.9 Å². The molecule has 1 amide bonds. The van der Waals surface area contributed by atoms with Gasteiger partial charge in [0.1, 0.15) is 0 Å². The Bertz CT molecular complexity index is 782. The summed E-state index contributed by atoms with van der Waals surface area (Å²) in [6.45, 7) is 6.01. The van der Waals surface area contributed by atoms with Crippen molar-refractivity contribution in [2.45, 2.75) is 13.5 Å². The molecule has 0 bridgehead atoms. The van der Waals surface area contributed by atoms with Crippen LogP contribution in [0.1, 0.15) is 16.3 Å². The van der Waals surface area contributed by atoms with Crippen molar-refractivity contribution in [3.63, 3.8) is 0 Å². The zero-order valence-electron chi connectivity index (χ0n) is 13.9. The Kier molecular flexibility index (Phi) is 6.12. The maximum absolute atomic E-state index is 12.4. The highest BCUT2D eigenvalue weighted by atomic mass is 35.5. The maximum atomic E-state index is 12.4. The minimum absolute atomic E-state index is 0.000181. The molecule has 0 spiro atoms. The van der Waals surface area contributed by atoms with Crippen LogP contribution in [0.3, 0.4) is 0 Å². The number of carbonyl (C=O) groups excluding carboxylic acids is 1. The molecule has 1 aromatic carbocycles. The van der Waals surface area contributed by atoms with Gasteiger partial charge in [-0.3, -0.25) is 9.69 Å². The largest absolute Gasteiger partial charge is 0.337 e. The van der Waals surface area contributed by atoms with E-state index in [1.807, 2.05) is 11.8 Å². The van der Waals surface area contributed by atoms with Gasteiger partial charge in [0, 0.05) is 54.2 Å². The number of rotatable bonds is 4. The highest BCUT2D eigenvalue weighted by Gasteiger charge is 2.20. The lowest BCUT2D eigenvalue weighted by Gasteiger charge is -2.33. The van der Waals surface area contributed by atoms with Gasteiger partial charge in [-0.15, -0.1) is 11.3 Å². The van der Waals surface area contributed by atoms with Crippen LogP contribution in [0.5, 0.6) is 0 Å². The molecule has 2 heterocycles. The molecule has 1 aromatic heterocycles. The lowest BCUT2D eigenvalue weighted by atomic mass is 10.2. The average molecular weight is 396 g/mol. The molecule has 0 atom stereocenters. The fourth-order valence-electron chi connectivity index (χ4n) is 2.75. The number of thiazole rings is 1. The highest BCUT2D eigenvalue weighted by Crippen LogP contribution is 2.22. The first-order valence-corrected chi connectivity index (χ1v) is 9.70. The third-order valence-corrected chi connectivity index (χ3v) is 5.50. The molecule has 0 radical (unpaired) electrons. The van der Waals surface area contributed by atoms with Gasteiger partial charge in [-0.2, -0.15) is 0 Å². The Morgan fingerprint density at radius 3 is 2.72 bits per heavy atom. The number of amides is 1. The normalized spacial score (nSPS) is 15.9. The summed E-state index contributed by atoms with van der Waals surface area (Å²) in [7, 11) is 0. The van der Waals surface area contributed by atoms with E-state index in [0.717, 1.165) is 49.0 Å². The van der Waals surface area contributed by atoms with Gasteiger partial charge in [0.25, 0.3) is 0 Å². The van der Waals surface area contributed by atoms with Crippen molar-refractivity contribution in [2.24, 2.45) is 0 Å². The van der Waals surface area contributed by atoms with Crippen LogP contribution in [0.4, 0.5) is 0 Å². The van der Waals surface area contributed by atoms with Crippen molar-refractivity contribution in [1.29, 1.82) is 0 Å². The predicted molar refractivity (Wildman–Crippen MR) is 104 cm³/mol. The summed E-state index contributed by atoms with van der Waals surface area (Å²) in [6.07, 6.45) is 3.29. The fraction of sp³-hybridized carbons (Fsp3) is 0.333. The molecule has 0 saturated carbocycles. The van der Waals surface area contributed by atoms with E-state index < -0.39 is 0 Å². The zero-order valence-corrected chi connectivity index (χ0v) is 16.2. The number of piperazine rings is 1. The number of hydrogen-bond donors (Lipinski definition) is 0. The smallest absolute Gasteiger partial charge is 0.246 e. The van der Waals surface area contributed by atoms with Crippen molar-refractivity contribution >= 4 is 46.5 Å². The third kappa shape index (κ3) is 5.05. The summed E-state index contributed by atoms with van der Waals surface area (Å²) in [4.78, 5) is 21.1. The molecule has 1 aliphatic heterocycles. The second-order valence-corrected chi connectivity index (χ2v) is 7.86. The maximum Gasteiger partial charge on any atom is 0.246 e. The summed E-state index contributed by atoms with van der Waals surface area (Å²) in [5.41, 5.74) is 1.86. The zero-order chi connectivity index (χ0) is 17.8. The van der Waals surface area contributed by atoms with Crippen molar-refractivity contribution in [3.8, 4) is 0 Å². The summed E-state index contributed by atoms with van der Waals surface area (Å²) in [5, 5.41) is 4.37. The van der Waals surface area contributed by atoms with Crippen LogP contribution in [-0.2, 0) is 11.3 Å². The quantitative estimate of drug-likeness (QED) is 0.730. The molecule has 1 fully saturated rings. The summed E-state index contributed by atoms with van der Waals surface area (Å²) >= 11 is 13.8. The van der Waals surface area contributed by atoms with Crippen LogP contribution in [0, 0.1) is 6.92 Å². The minimum Gasteiger partial charge on any atom is -0.337 e. The van der Waals surface area contributed by atoms with Gasteiger partial charge in [-0.05, 0) is 36.8 Å². The van der Waals surface area contributed by atoms with Gasteiger partial charge in [-0.1, -0.05) is 23.2 Å². The van der Waals surface area contributed by atoms with Crippen molar-refractivity contribution in [1.82, 2.24) is 14.8 Å². The number of nitrogens with zero attached hydrogens (tertiary/aromatic N) is 3. The van der Waals surface area contributed by atoms with Crippen molar-refractivity contribution < 1.29 is 4.79 Å². The van der Waals surface area contributed by atoms with E-state index in [1.165, 1.54) is 0 Å². The Morgan fingerprint density at radius 1 is 1.28 bits per heavy atom. The number of aryl methyl sites for hydroxylation is 1. The highest BCUT2D eigenvalue weighted by molar-refractivity contribution is 7.09. The molecular weight excluding hydrogens is 377 g/mol. The van der Waals surface area contributed by atoms with Gasteiger partial charge in [0.15, 0.2) is 0 Å². The van der Waals surface area contributed by atoms with Gasteiger partial charge in [-0.25, -0.2) is 4.98 Å². The molecule has 25 heavy (non-hydrogen) atoms. The minimum atomic E-state index is 0.000181. The predicted octanol–water partition coefficient (Wildman–Crippen LogP) is 4.12. The lowest BCUT2D eigenvalue weighted by Crippen LogP contribution is -2.47. The molecule has 0 aliphatic carbocycles. The Hall–Kier alpha value is -1.40. The fourth-order valence-corrected chi connectivity index (χ4v) is 3.71. The van der Waals surface area contributed by atoms with Gasteiger partial charge in [0.2, 0.25) is 5.91 Å². The van der Waals surface area contributed by atoms with Gasteiger partial charge >= 0.3 is 0 Å². The number of aromatic nitrogens is 1. The average Bonchev–Trinajstić information content (AvgIpc) is 3.01. The van der Waals surface area contributed by atoms with Crippen LogP contribution >= 0.6 is 34.5 Å². The molecule has 3 rings (SSSR count). The number of carbonyl (C=O) groups is 1. The van der Waals surface area contributed by atoms with Gasteiger partial charge < -0.3 is 4.90 Å². The summed E-state index contributed by atoms with van der Waals surface area (Å²) in [6, 6.07) is 5.21. The first-order chi connectivity index (χ1) is 12.0. The van der Waals surface area contributed by atoms with Crippen LogP contribution < -0.4 is 0 Å².